The van der Waals surface area contributed by atoms with Gasteiger partial charge in [-0.05, 0) is 60.6 Å². The molecule has 1 fully saturated rings. The Kier molecular flexibility index (Phi) is 5.34. The average molecular weight is 425 g/mol. The number of hydrogen-bond acceptors (Lipinski definition) is 3. The lowest BCUT2D eigenvalue weighted by molar-refractivity contribution is -0.126. The standard InChI is InChI=1S/C25H29ClN2O2/c1-2-30-15-24(29)27-18-9-11-28(12-10-18)16-25-14-21(19-5-3-4-6-22(19)25)20-8-7-17(26)13-23(20)25/h3-8,13,18,21H,2,9-12,14-16H2,1H3,(H,27,29)/t21-,25-/m1/s1. The fourth-order valence-corrected chi connectivity index (χ4v) is 6.07. The van der Waals surface area contributed by atoms with E-state index in [1.54, 1.807) is 0 Å². The van der Waals surface area contributed by atoms with Gasteiger partial charge in [0.05, 0.1) is 0 Å². The maximum absolute atomic E-state index is 12.0. The highest BCUT2D eigenvalue weighted by Gasteiger charge is 2.53. The van der Waals surface area contributed by atoms with E-state index in [0.717, 1.165) is 43.9 Å². The Morgan fingerprint density at radius 3 is 2.73 bits per heavy atom. The van der Waals surface area contributed by atoms with Gasteiger partial charge in [0.15, 0.2) is 0 Å². The van der Waals surface area contributed by atoms with Crippen molar-refractivity contribution in [2.24, 2.45) is 0 Å². The van der Waals surface area contributed by atoms with Gasteiger partial charge in [0.2, 0.25) is 5.91 Å². The summed E-state index contributed by atoms with van der Waals surface area (Å²) in [5.41, 5.74) is 5.89. The quantitative estimate of drug-likeness (QED) is 0.759. The molecule has 5 heteroatoms. The van der Waals surface area contributed by atoms with Gasteiger partial charge in [-0.3, -0.25) is 4.79 Å². The molecule has 2 aromatic carbocycles. The van der Waals surface area contributed by atoms with Crippen LogP contribution < -0.4 is 5.32 Å². The average Bonchev–Trinajstić information content (AvgIpc) is 3.25. The van der Waals surface area contributed by atoms with Crippen molar-refractivity contribution in [3.05, 3.63) is 69.7 Å². The lowest BCUT2D eigenvalue weighted by Crippen LogP contribution is -2.49. The molecule has 2 atom stereocenters. The number of carbonyl (C=O) groups excluding carboxylic acids is 1. The number of benzene rings is 2. The van der Waals surface area contributed by atoms with Crippen LogP contribution in [0, 0.1) is 0 Å². The number of ether oxygens (including phenoxy) is 1. The molecule has 2 aliphatic carbocycles. The maximum atomic E-state index is 12.0. The topological polar surface area (TPSA) is 41.6 Å². The number of nitrogens with one attached hydrogen (secondary N) is 1. The predicted molar refractivity (Wildman–Crippen MR) is 119 cm³/mol. The zero-order valence-corrected chi connectivity index (χ0v) is 18.3. The second kappa shape index (κ2) is 7.99. The van der Waals surface area contributed by atoms with E-state index >= 15 is 0 Å². The summed E-state index contributed by atoms with van der Waals surface area (Å²) in [7, 11) is 0. The number of halogens is 1. The molecule has 0 saturated carbocycles. The molecule has 2 bridgehead atoms. The van der Waals surface area contributed by atoms with E-state index < -0.39 is 0 Å². The summed E-state index contributed by atoms with van der Waals surface area (Å²) in [6.07, 6.45) is 3.12. The lowest BCUT2D eigenvalue weighted by Gasteiger charge is -2.40. The Morgan fingerprint density at radius 1 is 1.17 bits per heavy atom. The van der Waals surface area contributed by atoms with Crippen molar-refractivity contribution < 1.29 is 9.53 Å². The van der Waals surface area contributed by atoms with E-state index in [4.69, 9.17) is 16.3 Å². The number of hydrogen-bond donors (Lipinski definition) is 1. The molecule has 1 N–H and O–H groups in total. The van der Waals surface area contributed by atoms with Crippen LogP contribution >= 0.6 is 11.6 Å². The Balaban J connectivity index is 1.33. The summed E-state index contributed by atoms with van der Waals surface area (Å²) in [5.74, 6) is 0.490. The summed E-state index contributed by atoms with van der Waals surface area (Å²) in [6, 6.07) is 15.7. The van der Waals surface area contributed by atoms with Crippen LogP contribution in [0.15, 0.2) is 42.5 Å². The number of rotatable bonds is 6. The molecule has 3 aliphatic rings. The molecule has 5 rings (SSSR count). The van der Waals surface area contributed by atoms with Crippen LogP contribution in [0.4, 0.5) is 0 Å². The molecule has 0 spiro atoms. The van der Waals surface area contributed by atoms with Crippen molar-refractivity contribution in [2.75, 3.05) is 32.8 Å². The van der Waals surface area contributed by atoms with E-state index in [-0.39, 0.29) is 24.0 Å². The number of fused-ring (bicyclic) bond motifs is 8. The highest BCUT2D eigenvalue weighted by atomic mass is 35.5. The summed E-state index contributed by atoms with van der Waals surface area (Å²) in [6.45, 7) is 5.67. The van der Waals surface area contributed by atoms with Gasteiger partial charge in [0.25, 0.3) is 0 Å². The highest BCUT2D eigenvalue weighted by molar-refractivity contribution is 6.30. The van der Waals surface area contributed by atoms with Crippen molar-refractivity contribution in [2.45, 2.75) is 43.6 Å². The first-order chi connectivity index (χ1) is 14.6. The van der Waals surface area contributed by atoms with Crippen molar-refractivity contribution in [3.63, 3.8) is 0 Å². The van der Waals surface area contributed by atoms with Gasteiger partial charge < -0.3 is 15.0 Å². The Morgan fingerprint density at radius 2 is 1.93 bits per heavy atom. The molecule has 1 saturated heterocycles. The Hall–Kier alpha value is -1.88. The van der Waals surface area contributed by atoms with Gasteiger partial charge in [-0.15, -0.1) is 0 Å². The van der Waals surface area contributed by atoms with Crippen LogP contribution in [-0.4, -0.2) is 49.7 Å². The van der Waals surface area contributed by atoms with Gasteiger partial charge in [-0.25, -0.2) is 0 Å². The van der Waals surface area contributed by atoms with E-state index in [9.17, 15) is 4.79 Å². The minimum absolute atomic E-state index is 0.000757. The maximum Gasteiger partial charge on any atom is 0.246 e. The first kappa shape index (κ1) is 20.0. The van der Waals surface area contributed by atoms with Crippen molar-refractivity contribution in [1.29, 1.82) is 0 Å². The molecule has 1 aliphatic heterocycles. The third-order valence-electron chi connectivity index (χ3n) is 7.19. The largest absolute Gasteiger partial charge is 0.372 e. The summed E-state index contributed by atoms with van der Waals surface area (Å²) in [4.78, 5) is 14.6. The van der Waals surface area contributed by atoms with Gasteiger partial charge in [0.1, 0.15) is 6.61 Å². The third kappa shape index (κ3) is 3.35. The molecule has 2 aromatic rings. The Labute approximate surface area is 183 Å². The zero-order chi connectivity index (χ0) is 20.7. The second-order valence-electron chi connectivity index (χ2n) is 8.91. The number of nitrogens with zero attached hydrogens (tertiary/aromatic N) is 1. The van der Waals surface area contributed by atoms with Crippen LogP contribution in [0.3, 0.4) is 0 Å². The van der Waals surface area contributed by atoms with Crippen LogP contribution in [0.25, 0.3) is 0 Å². The van der Waals surface area contributed by atoms with Gasteiger partial charge in [-0.2, -0.15) is 0 Å². The minimum Gasteiger partial charge on any atom is -0.372 e. The number of likely N-dealkylation sites (tertiary alicyclic amines) is 1. The summed E-state index contributed by atoms with van der Waals surface area (Å²) < 4.78 is 5.22. The minimum atomic E-state index is 0.000757. The SMILES string of the molecule is CCOCC(=O)NC1CCN(C[C@]23C[C@H](c4ccccc42)c2ccc(Cl)cc23)CC1. The van der Waals surface area contributed by atoms with Crippen molar-refractivity contribution in [3.8, 4) is 0 Å². The summed E-state index contributed by atoms with van der Waals surface area (Å²) >= 11 is 6.43. The number of amides is 1. The predicted octanol–water partition coefficient (Wildman–Crippen LogP) is 4.09. The molecule has 1 heterocycles. The van der Waals surface area contributed by atoms with E-state index in [1.807, 2.05) is 13.0 Å². The molecule has 4 nitrogen and oxygen atoms in total. The van der Waals surface area contributed by atoms with Gasteiger partial charge in [-0.1, -0.05) is 41.9 Å². The number of piperidine rings is 1. The summed E-state index contributed by atoms with van der Waals surface area (Å²) in [5, 5.41) is 3.96. The smallest absolute Gasteiger partial charge is 0.246 e. The molecular formula is C25H29ClN2O2. The van der Waals surface area contributed by atoms with Crippen LogP contribution in [-0.2, 0) is 14.9 Å². The Bertz CT molecular complexity index is 954. The van der Waals surface area contributed by atoms with Crippen molar-refractivity contribution >= 4 is 17.5 Å². The highest BCUT2D eigenvalue weighted by Crippen LogP contribution is 2.60. The molecule has 158 valence electrons. The molecule has 0 aromatic heterocycles. The van der Waals surface area contributed by atoms with Gasteiger partial charge >= 0.3 is 0 Å². The molecular weight excluding hydrogens is 396 g/mol. The van der Waals surface area contributed by atoms with Crippen LogP contribution in [0.5, 0.6) is 0 Å². The molecule has 0 radical (unpaired) electrons. The molecule has 30 heavy (non-hydrogen) atoms. The zero-order valence-electron chi connectivity index (χ0n) is 17.5. The second-order valence-corrected chi connectivity index (χ2v) is 9.35. The number of carbonyl (C=O) groups is 1. The lowest BCUT2D eigenvalue weighted by atomic mass is 9.74. The molecule has 1 amide bonds. The first-order valence-corrected chi connectivity index (χ1v) is 11.5. The van der Waals surface area contributed by atoms with E-state index in [2.05, 4.69) is 46.6 Å². The first-order valence-electron chi connectivity index (χ1n) is 11.1. The van der Waals surface area contributed by atoms with E-state index in [0.29, 0.717) is 12.5 Å². The van der Waals surface area contributed by atoms with Gasteiger partial charge in [0, 0.05) is 48.6 Å². The third-order valence-corrected chi connectivity index (χ3v) is 7.43. The molecule has 0 unspecified atom stereocenters. The van der Waals surface area contributed by atoms with Crippen LogP contribution in [0.1, 0.15) is 54.4 Å². The van der Waals surface area contributed by atoms with Crippen LogP contribution in [0.2, 0.25) is 5.02 Å². The monoisotopic (exact) mass is 424 g/mol. The van der Waals surface area contributed by atoms with Crippen molar-refractivity contribution in [1.82, 2.24) is 10.2 Å². The van der Waals surface area contributed by atoms with E-state index in [1.165, 1.54) is 22.3 Å². The normalized spacial score (nSPS) is 25.2. The fraction of sp³-hybridized carbons (Fsp3) is 0.480. The fourth-order valence-electron chi connectivity index (χ4n) is 5.90.